The summed E-state index contributed by atoms with van der Waals surface area (Å²) in [5, 5.41) is 10.1. The molecule has 1 heterocycles. The van der Waals surface area contributed by atoms with Gasteiger partial charge >= 0.3 is 0 Å². The molecule has 196 valence electrons. The van der Waals surface area contributed by atoms with Crippen LogP contribution >= 0.6 is 0 Å². The number of aliphatic hydroxyl groups is 1. The predicted molar refractivity (Wildman–Crippen MR) is 140 cm³/mol. The lowest BCUT2D eigenvalue weighted by Gasteiger charge is -2.12. The first-order valence-electron chi connectivity index (χ1n) is 12.8. The van der Waals surface area contributed by atoms with Crippen molar-refractivity contribution in [1.29, 1.82) is 0 Å². The highest BCUT2D eigenvalue weighted by atomic mass is 19.2. The highest BCUT2D eigenvalue weighted by Crippen LogP contribution is 2.36. The van der Waals surface area contributed by atoms with Gasteiger partial charge in [-0.2, -0.15) is 0 Å². The molecule has 0 amide bonds. The fraction of sp³-hybridized carbons (Fsp3) is 0.250. The molecule has 4 aromatic carbocycles. The summed E-state index contributed by atoms with van der Waals surface area (Å²) in [6.45, 7) is 2.38. The number of aliphatic hydroxyl groups excluding tert-OH is 1. The first-order chi connectivity index (χ1) is 18.4. The Labute approximate surface area is 219 Å². The summed E-state index contributed by atoms with van der Waals surface area (Å²) in [7, 11) is 0. The minimum Gasteiger partial charge on any atom is -0.388 e. The molecule has 0 spiro atoms. The number of epoxide rings is 1. The molecule has 1 fully saturated rings. The summed E-state index contributed by atoms with van der Waals surface area (Å²) in [6.07, 6.45) is 1.27. The lowest BCUT2D eigenvalue weighted by molar-refractivity contribution is 0.166. The van der Waals surface area contributed by atoms with Crippen molar-refractivity contribution in [3.8, 4) is 22.3 Å². The minimum absolute atomic E-state index is 0.162. The Morgan fingerprint density at radius 2 is 1.32 bits per heavy atom. The Kier molecular flexibility index (Phi) is 7.63. The monoisotopic (exact) mass is 520 g/mol. The summed E-state index contributed by atoms with van der Waals surface area (Å²) in [5.41, 5.74) is 3.50. The van der Waals surface area contributed by atoms with Crippen molar-refractivity contribution in [2.24, 2.45) is 0 Å². The largest absolute Gasteiger partial charge is 0.388 e. The van der Waals surface area contributed by atoms with E-state index in [1.54, 1.807) is 72.8 Å². The molecule has 1 N–H and O–H groups in total. The third kappa shape index (κ3) is 5.38. The van der Waals surface area contributed by atoms with Crippen LogP contribution in [0.3, 0.4) is 0 Å². The number of halogens is 4. The number of aryl methyl sites for hydroxylation is 2. The van der Waals surface area contributed by atoms with Crippen molar-refractivity contribution in [2.45, 2.75) is 44.8 Å². The lowest BCUT2D eigenvalue weighted by atomic mass is 9.96. The number of rotatable bonds is 9. The van der Waals surface area contributed by atoms with E-state index < -0.39 is 29.4 Å². The second-order valence-electron chi connectivity index (χ2n) is 9.68. The maximum absolute atomic E-state index is 14.9. The molecule has 2 unspecified atom stereocenters. The molecule has 1 aliphatic heterocycles. The quantitative estimate of drug-likeness (QED) is 0.178. The lowest BCUT2D eigenvalue weighted by Crippen LogP contribution is -2.00. The summed E-state index contributed by atoms with van der Waals surface area (Å²) in [5.74, 6) is -3.58. The Bertz CT molecular complexity index is 1430. The molecule has 1 saturated heterocycles. The van der Waals surface area contributed by atoms with Gasteiger partial charge in [0, 0.05) is 16.7 Å². The van der Waals surface area contributed by atoms with Crippen molar-refractivity contribution >= 4 is 0 Å². The average Bonchev–Trinajstić information content (AvgIpc) is 3.77. The van der Waals surface area contributed by atoms with Crippen LogP contribution in [0, 0.1) is 23.3 Å². The zero-order chi connectivity index (χ0) is 26.8. The average molecular weight is 521 g/mol. The van der Waals surface area contributed by atoms with E-state index in [0.29, 0.717) is 30.6 Å². The zero-order valence-corrected chi connectivity index (χ0v) is 21.0. The molecule has 0 saturated carbocycles. The third-order valence-corrected chi connectivity index (χ3v) is 7.07. The van der Waals surface area contributed by atoms with Crippen LogP contribution < -0.4 is 0 Å². The van der Waals surface area contributed by atoms with E-state index in [1.165, 1.54) is 0 Å². The second-order valence-corrected chi connectivity index (χ2v) is 9.68. The Hall–Kier alpha value is -3.48. The van der Waals surface area contributed by atoms with Gasteiger partial charge in [-0.3, -0.25) is 0 Å². The molecule has 5 rings (SSSR count). The normalized spacial score (nSPS) is 15.5. The maximum Gasteiger partial charge on any atom is 0.167 e. The molecule has 4 aromatic rings. The fourth-order valence-corrected chi connectivity index (χ4v) is 4.72. The van der Waals surface area contributed by atoms with Crippen LogP contribution in [0.1, 0.15) is 54.2 Å². The van der Waals surface area contributed by atoms with Gasteiger partial charge in [0.25, 0.3) is 0 Å². The molecule has 38 heavy (non-hydrogen) atoms. The Balaban J connectivity index is 1.27. The summed E-state index contributed by atoms with van der Waals surface area (Å²) in [4.78, 5) is 0. The summed E-state index contributed by atoms with van der Waals surface area (Å²) >= 11 is 0. The van der Waals surface area contributed by atoms with Crippen molar-refractivity contribution < 1.29 is 27.4 Å². The SMILES string of the molecule is CCCC(O)c1ccc(-c2ccc(CCc3ccc(-c4ccc(C5CO5)c(F)c4F)cc3)c(F)c2F)cc1. The van der Waals surface area contributed by atoms with Crippen LogP contribution in [-0.4, -0.2) is 11.7 Å². The molecular formula is C32H28F4O2. The first kappa shape index (κ1) is 26.1. The molecule has 0 aliphatic carbocycles. The minimum atomic E-state index is -0.907. The van der Waals surface area contributed by atoms with Crippen molar-refractivity contribution in [1.82, 2.24) is 0 Å². The number of ether oxygens (including phenoxy) is 1. The number of benzene rings is 4. The fourth-order valence-electron chi connectivity index (χ4n) is 4.72. The van der Waals surface area contributed by atoms with Crippen molar-refractivity contribution in [3.63, 3.8) is 0 Å². The van der Waals surface area contributed by atoms with E-state index in [9.17, 15) is 22.7 Å². The molecule has 1 aliphatic rings. The zero-order valence-electron chi connectivity index (χ0n) is 21.0. The number of hydrogen-bond acceptors (Lipinski definition) is 2. The maximum atomic E-state index is 14.9. The molecular weight excluding hydrogens is 492 g/mol. The summed E-state index contributed by atoms with van der Waals surface area (Å²) in [6, 6.07) is 20.1. The van der Waals surface area contributed by atoms with Gasteiger partial charge in [-0.25, -0.2) is 17.6 Å². The van der Waals surface area contributed by atoms with Gasteiger partial charge in [-0.05, 0) is 47.1 Å². The van der Waals surface area contributed by atoms with Gasteiger partial charge in [0.05, 0.1) is 12.7 Å². The van der Waals surface area contributed by atoms with Gasteiger partial charge in [0.2, 0.25) is 0 Å². The van der Waals surface area contributed by atoms with E-state index >= 15 is 0 Å². The van der Waals surface area contributed by atoms with Crippen LogP contribution in [0.25, 0.3) is 22.3 Å². The van der Waals surface area contributed by atoms with Gasteiger partial charge in [0.1, 0.15) is 6.10 Å². The molecule has 2 nitrogen and oxygen atoms in total. The summed E-state index contributed by atoms with van der Waals surface area (Å²) < 4.78 is 63.9. The van der Waals surface area contributed by atoms with E-state index in [1.807, 2.05) is 6.92 Å². The van der Waals surface area contributed by atoms with Gasteiger partial charge in [-0.15, -0.1) is 0 Å². The number of hydrogen-bond donors (Lipinski definition) is 1. The Morgan fingerprint density at radius 3 is 1.92 bits per heavy atom. The third-order valence-electron chi connectivity index (χ3n) is 7.07. The van der Waals surface area contributed by atoms with E-state index in [4.69, 9.17) is 4.74 Å². The van der Waals surface area contributed by atoms with Crippen LogP contribution in [0.5, 0.6) is 0 Å². The highest BCUT2D eigenvalue weighted by molar-refractivity contribution is 5.66. The van der Waals surface area contributed by atoms with Gasteiger partial charge in [0.15, 0.2) is 23.3 Å². The highest BCUT2D eigenvalue weighted by Gasteiger charge is 2.30. The smallest absolute Gasteiger partial charge is 0.167 e. The van der Waals surface area contributed by atoms with Crippen molar-refractivity contribution in [2.75, 3.05) is 6.61 Å². The molecule has 6 heteroatoms. The van der Waals surface area contributed by atoms with E-state index in [-0.39, 0.29) is 34.8 Å². The Morgan fingerprint density at radius 1 is 0.737 bits per heavy atom. The molecule has 0 bridgehead atoms. The van der Waals surface area contributed by atoms with Crippen LogP contribution in [0.4, 0.5) is 17.6 Å². The van der Waals surface area contributed by atoms with E-state index in [2.05, 4.69) is 0 Å². The van der Waals surface area contributed by atoms with Crippen LogP contribution in [-0.2, 0) is 17.6 Å². The second kappa shape index (κ2) is 11.1. The van der Waals surface area contributed by atoms with Gasteiger partial charge in [-0.1, -0.05) is 86.1 Å². The topological polar surface area (TPSA) is 32.8 Å². The van der Waals surface area contributed by atoms with E-state index in [0.717, 1.165) is 17.5 Å². The van der Waals surface area contributed by atoms with Crippen molar-refractivity contribution in [3.05, 3.63) is 118 Å². The predicted octanol–water partition coefficient (Wildman–Crippen LogP) is 8.27. The van der Waals surface area contributed by atoms with Crippen LogP contribution in [0.2, 0.25) is 0 Å². The van der Waals surface area contributed by atoms with Gasteiger partial charge < -0.3 is 9.84 Å². The first-order valence-corrected chi connectivity index (χ1v) is 12.8. The standard InChI is InChI=1S/C32H28F4O2/c1-2-3-27(37)22-12-10-21(11-13-22)24-15-14-23(29(33)30(24)34)9-6-19-4-7-20(8-5-19)25-16-17-26(28-18-38-28)32(36)31(25)35/h4-5,7-8,10-17,27-28,37H,2-3,6,9,18H2,1H3. The van der Waals surface area contributed by atoms with Crippen LogP contribution in [0.15, 0.2) is 72.8 Å². The molecule has 0 radical (unpaired) electrons. The molecule has 0 aromatic heterocycles. The molecule has 2 atom stereocenters.